The number of hydrogen-bond donors (Lipinski definition) is 1. The molecular weight excluding hydrogens is 262 g/mol. The van der Waals surface area contributed by atoms with Gasteiger partial charge in [0.1, 0.15) is 6.10 Å². The zero-order chi connectivity index (χ0) is 15.4. The van der Waals surface area contributed by atoms with Crippen molar-refractivity contribution >= 4 is 11.7 Å². The zero-order valence-corrected chi connectivity index (χ0v) is 13.3. The summed E-state index contributed by atoms with van der Waals surface area (Å²) in [4.78, 5) is 12.2. The number of esters is 1. The minimum absolute atomic E-state index is 0.0787. The lowest BCUT2D eigenvalue weighted by Crippen LogP contribution is -2.36. The topological polar surface area (TPSA) is 52.3 Å². The van der Waals surface area contributed by atoms with E-state index in [0.29, 0.717) is 29.9 Å². The predicted octanol–water partition coefficient (Wildman–Crippen LogP) is 3.82. The standard InChI is InChI=1S/C18H27NO2/c1-12(2)16-9-4-13(3)10-17(16)21-18(20)11-14-5-7-15(19)8-6-14/h5-8,12-13,16-17H,4,9-11,19H2,1-3H3. The molecule has 0 aromatic heterocycles. The van der Waals surface area contributed by atoms with Crippen molar-refractivity contribution in [1.29, 1.82) is 0 Å². The maximum atomic E-state index is 12.2. The fraction of sp³-hybridized carbons (Fsp3) is 0.611. The molecule has 0 aliphatic heterocycles. The first-order valence-electron chi connectivity index (χ1n) is 7.99. The molecule has 21 heavy (non-hydrogen) atoms. The third-order valence-electron chi connectivity index (χ3n) is 4.57. The van der Waals surface area contributed by atoms with Crippen LogP contribution in [0.2, 0.25) is 0 Å². The van der Waals surface area contributed by atoms with E-state index in [1.807, 2.05) is 24.3 Å². The number of rotatable bonds is 4. The molecule has 0 spiro atoms. The number of anilines is 1. The van der Waals surface area contributed by atoms with Gasteiger partial charge >= 0.3 is 5.97 Å². The Morgan fingerprint density at radius 1 is 1.29 bits per heavy atom. The summed E-state index contributed by atoms with van der Waals surface area (Å²) in [7, 11) is 0. The lowest BCUT2D eigenvalue weighted by atomic mass is 9.75. The van der Waals surface area contributed by atoms with E-state index in [2.05, 4.69) is 20.8 Å². The van der Waals surface area contributed by atoms with Crippen molar-refractivity contribution < 1.29 is 9.53 Å². The van der Waals surface area contributed by atoms with Gasteiger partial charge in [-0.3, -0.25) is 4.79 Å². The Morgan fingerprint density at radius 2 is 1.95 bits per heavy atom. The number of nitrogen functional groups attached to an aromatic ring is 1. The molecular formula is C18H27NO2. The summed E-state index contributed by atoms with van der Waals surface area (Å²) in [5.74, 6) is 1.59. The molecule has 1 aliphatic carbocycles. The van der Waals surface area contributed by atoms with Gasteiger partial charge in [-0.1, -0.05) is 39.3 Å². The molecule has 1 aromatic rings. The molecule has 3 nitrogen and oxygen atoms in total. The van der Waals surface area contributed by atoms with Crippen LogP contribution in [-0.2, 0) is 16.0 Å². The molecule has 3 heteroatoms. The molecule has 0 radical (unpaired) electrons. The first-order chi connectivity index (χ1) is 9.95. The van der Waals surface area contributed by atoms with Crippen LogP contribution in [0.25, 0.3) is 0 Å². The van der Waals surface area contributed by atoms with Crippen LogP contribution in [-0.4, -0.2) is 12.1 Å². The normalized spacial score (nSPS) is 25.8. The summed E-state index contributed by atoms with van der Waals surface area (Å²) in [6.07, 6.45) is 3.81. The van der Waals surface area contributed by atoms with Gasteiger partial charge in [-0.25, -0.2) is 0 Å². The highest BCUT2D eigenvalue weighted by atomic mass is 16.5. The van der Waals surface area contributed by atoms with Crippen LogP contribution in [0, 0.1) is 17.8 Å². The minimum atomic E-state index is -0.121. The highest BCUT2D eigenvalue weighted by molar-refractivity contribution is 5.73. The van der Waals surface area contributed by atoms with Gasteiger partial charge in [0, 0.05) is 5.69 Å². The van der Waals surface area contributed by atoms with Crippen LogP contribution < -0.4 is 5.73 Å². The Morgan fingerprint density at radius 3 is 2.57 bits per heavy atom. The maximum absolute atomic E-state index is 12.2. The Kier molecular flexibility index (Phi) is 5.27. The quantitative estimate of drug-likeness (QED) is 0.677. The molecule has 0 saturated heterocycles. The highest BCUT2D eigenvalue weighted by Crippen LogP contribution is 2.35. The molecule has 0 amide bonds. The summed E-state index contributed by atoms with van der Waals surface area (Å²) >= 11 is 0. The molecule has 0 heterocycles. The van der Waals surface area contributed by atoms with Crippen LogP contribution in [0.5, 0.6) is 0 Å². The molecule has 0 bridgehead atoms. The molecule has 3 unspecified atom stereocenters. The van der Waals surface area contributed by atoms with E-state index >= 15 is 0 Å². The van der Waals surface area contributed by atoms with Gasteiger partial charge in [-0.05, 0) is 48.3 Å². The highest BCUT2D eigenvalue weighted by Gasteiger charge is 2.33. The minimum Gasteiger partial charge on any atom is -0.462 e. The van der Waals surface area contributed by atoms with Crippen molar-refractivity contribution in [3.8, 4) is 0 Å². The molecule has 2 rings (SSSR count). The van der Waals surface area contributed by atoms with E-state index in [1.165, 1.54) is 12.8 Å². The van der Waals surface area contributed by atoms with E-state index in [1.54, 1.807) is 0 Å². The molecule has 116 valence electrons. The van der Waals surface area contributed by atoms with Crippen LogP contribution in [0.3, 0.4) is 0 Å². The van der Waals surface area contributed by atoms with Gasteiger partial charge in [0.25, 0.3) is 0 Å². The van der Waals surface area contributed by atoms with Crippen molar-refractivity contribution in [3.63, 3.8) is 0 Å². The van der Waals surface area contributed by atoms with Crippen LogP contribution in [0.4, 0.5) is 5.69 Å². The molecule has 1 aromatic carbocycles. The summed E-state index contributed by atoms with van der Waals surface area (Å²) in [5.41, 5.74) is 7.33. The second-order valence-electron chi connectivity index (χ2n) is 6.77. The Hall–Kier alpha value is -1.51. The van der Waals surface area contributed by atoms with Crippen LogP contribution in [0.1, 0.15) is 45.6 Å². The van der Waals surface area contributed by atoms with E-state index < -0.39 is 0 Å². The Balaban J connectivity index is 1.94. The monoisotopic (exact) mass is 289 g/mol. The van der Waals surface area contributed by atoms with Crippen molar-refractivity contribution in [2.24, 2.45) is 17.8 Å². The molecule has 1 fully saturated rings. The lowest BCUT2D eigenvalue weighted by molar-refractivity contribution is -0.155. The predicted molar refractivity (Wildman–Crippen MR) is 85.8 cm³/mol. The van der Waals surface area contributed by atoms with Gasteiger partial charge in [0.05, 0.1) is 6.42 Å². The SMILES string of the molecule is CC1CCC(C(C)C)C(OC(=O)Cc2ccc(N)cc2)C1. The fourth-order valence-corrected chi connectivity index (χ4v) is 3.26. The van der Waals surface area contributed by atoms with Crippen molar-refractivity contribution in [2.75, 3.05) is 5.73 Å². The van der Waals surface area contributed by atoms with Gasteiger partial charge in [0.2, 0.25) is 0 Å². The van der Waals surface area contributed by atoms with Crippen LogP contribution in [0.15, 0.2) is 24.3 Å². The van der Waals surface area contributed by atoms with Gasteiger partial charge in [-0.15, -0.1) is 0 Å². The fourth-order valence-electron chi connectivity index (χ4n) is 3.26. The molecule has 1 saturated carbocycles. The average Bonchev–Trinajstić information content (AvgIpc) is 2.41. The summed E-state index contributed by atoms with van der Waals surface area (Å²) < 4.78 is 5.80. The summed E-state index contributed by atoms with van der Waals surface area (Å²) in [6, 6.07) is 7.42. The third kappa shape index (κ3) is 4.48. The second-order valence-corrected chi connectivity index (χ2v) is 6.77. The number of ether oxygens (including phenoxy) is 1. The molecule has 2 N–H and O–H groups in total. The van der Waals surface area contributed by atoms with Gasteiger partial charge in [-0.2, -0.15) is 0 Å². The van der Waals surface area contributed by atoms with Gasteiger partial charge in [0.15, 0.2) is 0 Å². The van der Waals surface area contributed by atoms with E-state index in [9.17, 15) is 4.79 Å². The van der Waals surface area contributed by atoms with E-state index in [0.717, 1.165) is 12.0 Å². The smallest absolute Gasteiger partial charge is 0.310 e. The molecule has 1 aliphatic rings. The Labute approximate surface area is 127 Å². The van der Waals surface area contributed by atoms with E-state index in [4.69, 9.17) is 10.5 Å². The third-order valence-corrected chi connectivity index (χ3v) is 4.57. The number of carbonyl (C=O) groups is 1. The van der Waals surface area contributed by atoms with E-state index in [-0.39, 0.29) is 12.1 Å². The number of nitrogens with two attached hydrogens (primary N) is 1. The number of benzene rings is 1. The summed E-state index contributed by atoms with van der Waals surface area (Å²) in [6.45, 7) is 6.69. The van der Waals surface area contributed by atoms with Crippen molar-refractivity contribution in [2.45, 2.75) is 52.6 Å². The summed E-state index contributed by atoms with van der Waals surface area (Å²) in [5, 5.41) is 0. The second kappa shape index (κ2) is 6.97. The Bertz CT molecular complexity index is 467. The first kappa shape index (κ1) is 15.9. The largest absolute Gasteiger partial charge is 0.462 e. The number of hydrogen-bond acceptors (Lipinski definition) is 3. The number of carbonyl (C=O) groups excluding carboxylic acids is 1. The van der Waals surface area contributed by atoms with Crippen molar-refractivity contribution in [3.05, 3.63) is 29.8 Å². The van der Waals surface area contributed by atoms with Crippen LogP contribution >= 0.6 is 0 Å². The van der Waals surface area contributed by atoms with Crippen molar-refractivity contribution in [1.82, 2.24) is 0 Å². The average molecular weight is 289 g/mol. The maximum Gasteiger partial charge on any atom is 0.310 e. The van der Waals surface area contributed by atoms with Gasteiger partial charge < -0.3 is 10.5 Å². The first-order valence-corrected chi connectivity index (χ1v) is 7.99. The lowest BCUT2D eigenvalue weighted by Gasteiger charge is -2.36. The zero-order valence-electron chi connectivity index (χ0n) is 13.3. The molecule has 3 atom stereocenters.